The smallest absolute Gasteiger partial charge is 0.0974 e. The van der Waals surface area contributed by atoms with Crippen LogP contribution in [0.5, 0.6) is 0 Å². The summed E-state index contributed by atoms with van der Waals surface area (Å²) in [5, 5.41) is 3.15. The molecule has 0 unspecified atom stereocenters. The number of hydrogen-bond acceptors (Lipinski definition) is 2. The summed E-state index contributed by atoms with van der Waals surface area (Å²) in [6.07, 6.45) is 1.84. The summed E-state index contributed by atoms with van der Waals surface area (Å²) in [5.74, 6) is 0. The molecule has 0 amide bonds. The van der Waals surface area contributed by atoms with Gasteiger partial charge in [-0.3, -0.25) is 4.99 Å². The van der Waals surface area contributed by atoms with Gasteiger partial charge in [-0.25, -0.2) is 0 Å². The van der Waals surface area contributed by atoms with Crippen molar-refractivity contribution in [2.45, 2.75) is 6.92 Å². The topological polar surface area (TPSA) is 24.4 Å². The first-order chi connectivity index (χ1) is 3.79. The largest absolute Gasteiger partial charge is 0.381 e. The van der Waals surface area contributed by atoms with Gasteiger partial charge in [0.25, 0.3) is 0 Å². The Morgan fingerprint density at radius 1 is 1.88 bits per heavy atom. The fourth-order valence-corrected chi connectivity index (χ4v) is 0.800. The first-order valence-corrected chi connectivity index (χ1v) is 3.50. The fraction of sp³-hybridized carbons (Fsp3) is 0.400. The van der Waals surface area contributed by atoms with Crippen LogP contribution < -0.4 is 5.32 Å². The lowest BCUT2D eigenvalue weighted by Crippen LogP contribution is -2.20. The van der Waals surface area contributed by atoms with Crippen molar-refractivity contribution in [1.82, 2.24) is 5.32 Å². The summed E-state index contributed by atoms with van der Waals surface area (Å²) >= 11 is 2.21. The third-order valence-corrected chi connectivity index (χ3v) is 1.57. The van der Waals surface area contributed by atoms with Crippen molar-refractivity contribution in [2.75, 3.05) is 6.54 Å². The maximum absolute atomic E-state index is 4.09. The molecule has 1 heterocycles. The van der Waals surface area contributed by atoms with Gasteiger partial charge in [-0.05, 0) is 29.5 Å². The molecule has 0 saturated heterocycles. The van der Waals surface area contributed by atoms with Crippen LogP contribution in [0, 0.1) is 0 Å². The molecule has 8 heavy (non-hydrogen) atoms. The van der Waals surface area contributed by atoms with Gasteiger partial charge in [0.15, 0.2) is 0 Å². The normalized spacial score (nSPS) is 18.8. The SMILES string of the molecule is CC1=CN=C(I)CN1. The molecule has 1 aliphatic heterocycles. The molecule has 0 radical (unpaired) electrons. The van der Waals surface area contributed by atoms with Crippen molar-refractivity contribution in [3.63, 3.8) is 0 Å². The Kier molecular flexibility index (Phi) is 1.88. The Morgan fingerprint density at radius 3 is 3.00 bits per heavy atom. The second-order valence-corrected chi connectivity index (χ2v) is 2.92. The number of nitrogens with one attached hydrogen (secondary N) is 1. The lowest BCUT2D eigenvalue weighted by atomic mass is 10.5. The Bertz CT molecular complexity index is 131. The number of allylic oxidation sites excluding steroid dienone is 1. The average Bonchev–Trinajstić information content (AvgIpc) is 1.77. The van der Waals surface area contributed by atoms with Crippen molar-refractivity contribution in [2.24, 2.45) is 4.99 Å². The van der Waals surface area contributed by atoms with Gasteiger partial charge in [0, 0.05) is 11.9 Å². The van der Waals surface area contributed by atoms with Crippen LogP contribution in [0.2, 0.25) is 0 Å². The van der Waals surface area contributed by atoms with Crippen LogP contribution in [0.3, 0.4) is 0 Å². The third-order valence-electron chi connectivity index (χ3n) is 0.911. The molecule has 0 spiro atoms. The lowest BCUT2D eigenvalue weighted by Gasteiger charge is -2.07. The molecule has 3 heteroatoms. The van der Waals surface area contributed by atoms with Crippen molar-refractivity contribution >= 4 is 26.3 Å². The molecule has 1 aliphatic rings. The van der Waals surface area contributed by atoms with Crippen LogP contribution in [-0.4, -0.2) is 10.3 Å². The van der Waals surface area contributed by atoms with Crippen molar-refractivity contribution in [3.05, 3.63) is 11.9 Å². The number of aliphatic imine (C=N–C) groups is 1. The number of halogens is 1. The highest BCUT2D eigenvalue weighted by Gasteiger charge is 1.96. The quantitative estimate of drug-likeness (QED) is 0.613. The van der Waals surface area contributed by atoms with Gasteiger partial charge in [-0.15, -0.1) is 0 Å². The standard InChI is InChI=1S/C5H7IN2/c1-4-2-8-5(6)3-7-4/h2,7H,3H2,1H3. The van der Waals surface area contributed by atoms with Crippen molar-refractivity contribution in [1.29, 1.82) is 0 Å². The van der Waals surface area contributed by atoms with E-state index in [9.17, 15) is 0 Å². The summed E-state index contributed by atoms with van der Waals surface area (Å²) in [5.41, 5.74) is 1.14. The summed E-state index contributed by atoms with van der Waals surface area (Å²) in [6, 6.07) is 0. The van der Waals surface area contributed by atoms with Gasteiger partial charge in [-0.2, -0.15) is 0 Å². The number of nitrogens with zero attached hydrogens (tertiary/aromatic N) is 1. The second kappa shape index (κ2) is 2.48. The summed E-state index contributed by atoms with van der Waals surface area (Å²) in [7, 11) is 0. The molecule has 1 N–H and O–H groups in total. The van der Waals surface area contributed by atoms with Crippen LogP contribution >= 0.6 is 22.6 Å². The summed E-state index contributed by atoms with van der Waals surface area (Å²) < 4.78 is 1.12. The minimum Gasteiger partial charge on any atom is -0.381 e. The van der Waals surface area contributed by atoms with E-state index in [0.717, 1.165) is 16.0 Å². The molecule has 0 fully saturated rings. The van der Waals surface area contributed by atoms with Gasteiger partial charge < -0.3 is 5.32 Å². The van der Waals surface area contributed by atoms with Crippen molar-refractivity contribution in [3.8, 4) is 0 Å². The first kappa shape index (κ1) is 6.07. The molecule has 0 saturated carbocycles. The van der Waals surface area contributed by atoms with Crippen molar-refractivity contribution < 1.29 is 0 Å². The summed E-state index contributed by atoms with van der Waals surface area (Å²) in [4.78, 5) is 4.09. The molecular formula is C5H7IN2. The van der Waals surface area contributed by atoms with Crippen LogP contribution in [0.4, 0.5) is 0 Å². The van der Waals surface area contributed by atoms with E-state index >= 15 is 0 Å². The van der Waals surface area contributed by atoms with Crippen LogP contribution in [0.1, 0.15) is 6.92 Å². The van der Waals surface area contributed by atoms with Gasteiger partial charge in [0.1, 0.15) is 0 Å². The highest BCUT2D eigenvalue weighted by molar-refractivity contribution is 14.1. The predicted molar refractivity (Wildman–Crippen MR) is 43.2 cm³/mol. The fourth-order valence-electron chi connectivity index (χ4n) is 0.471. The Balaban J connectivity index is 2.65. The third kappa shape index (κ3) is 1.47. The van der Waals surface area contributed by atoms with Gasteiger partial charge in [0.05, 0.1) is 10.3 Å². The Morgan fingerprint density at radius 2 is 2.62 bits per heavy atom. The van der Waals surface area contributed by atoms with Gasteiger partial charge >= 0.3 is 0 Å². The zero-order valence-electron chi connectivity index (χ0n) is 4.61. The molecule has 0 aromatic heterocycles. The van der Waals surface area contributed by atoms with Crippen LogP contribution in [0.25, 0.3) is 0 Å². The minimum atomic E-state index is 0.892. The lowest BCUT2D eigenvalue weighted by molar-refractivity contribution is 0.912. The minimum absolute atomic E-state index is 0.892. The molecule has 0 aromatic rings. The molecule has 0 atom stereocenters. The van der Waals surface area contributed by atoms with Gasteiger partial charge in [-0.1, -0.05) is 0 Å². The van der Waals surface area contributed by atoms with Crippen LogP contribution in [0.15, 0.2) is 16.9 Å². The van der Waals surface area contributed by atoms with E-state index in [-0.39, 0.29) is 0 Å². The molecule has 0 aliphatic carbocycles. The summed E-state index contributed by atoms with van der Waals surface area (Å²) in [6.45, 7) is 2.90. The van der Waals surface area contributed by atoms with E-state index in [2.05, 4.69) is 32.9 Å². The molecule has 44 valence electrons. The monoisotopic (exact) mass is 222 g/mol. The maximum atomic E-state index is 4.09. The van der Waals surface area contributed by atoms with E-state index in [1.54, 1.807) is 0 Å². The molecule has 0 aromatic carbocycles. The molecular weight excluding hydrogens is 215 g/mol. The van der Waals surface area contributed by atoms with Crippen LogP contribution in [-0.2, 0) is 0 Å². The molecule has 2 nitrogen and oxygen atoms in total. The van der Waals surface area contributed by atoms with E-state index in [1.165, 1.54) is 0 Å². The van der Waals surface area contributed by atoms with Gasteiger partial charge in [0.2, 0.25) is 0 Å². The van der Waals surface area contributed by atoms with E-state index in [0.29, 0.717) is 0 Å². The Hall–Kier alpha value is -0.0600. The first-order valence-electron chi connectivity index (χ1n) is 2.42. The Labute approximate surface area is 62.2 Å². The highest BCUT2D eigenvalue weighted by Crippen LogP contribution is 1.99. The van der Waals surface area contributed by atoms with E-state index < -0.39 is 0 Å². The number of hydrogen-bond donors (Lipinski definition) is 1. The average molecular weight is 222 g/mol. The maximum Gasteiger partial charge on any atom is 0.0974 e. The zero-order valence-corrected chi connectivity index (χ0v) is 6.77. The number of rotatable bonds is 0. The van der Waals surface area contributed by atoms with E-state index in [4.69, 9.17) is 0 Å². The highest BCUT2D eigenvalue weighted by atomic mass is 127. The molecule has 1 rings (SSSR count). The van der Waals surface area contributed by atoms with E-state index in [1.807, 2.05) is 13.1 Å². The molecule has 0 bridgehead atoms. The second-order valence-electron chi connectivity index (χ2n) is 1.67. The predicted octanol–water partition coefficient (Wildman–Crippen LogP) is 1.28. The zero-order chi connectivity index (χ0) is 5.98.